The van der Waals surface area contributed by atoms with Crippen LogP contribution in [0.15, 0.2) is 18.2 Å². The first-order chi connectivity index (χ1) is 9.06. The van der Waals surface area contributed by atoms with Crippen molar-refractivity contribution >= 4 is 23.1 Å². The number of rotatable bonds is 1. The molecule has 3 rings (SSSR count). The first-order valence-corrected chi connectivity index (χ1v) is 6.71. The quantitative estimate of drug-likeness (QED) is 0.782. The number of hydrogen-bond donors (Lipinski definition) is 2. The van der Waals surface area contributed by atoms with Crippen molar-refractivity contribution in [1.82, 2.24) is 9.78 Å². The van der Waals surface area contributed by atoms with Crippen LogP contribution in [0.5, 0.6) is 0 Å². The molecule has 1 aromatic carbocycles. The van der Waals surface area contributed by atoms with Gasteiger partial charge in [0, 0.05) is 17.7 Å². The number of thiocarbonyl (C=S) groups is 1. The molecule has 2 heterocycles. The Morgan fingerprint density at radius 1 is 1.32 bits per heavy atom. The van der Waals surface area contributed by atoms with Gasteiger partial charge in [0.2, 0.25) is 0 Å². The number of fused-ring (bicyclic) bond motifs is 1. The molecule has 5 heteroatoms. The molecule has 98 valence electrons. The Kier molecular flexibility index (Phi) is 2.78. The Bertz CT molecular complexity index is 652. The predicted molar refractivity (Wildman–Crippen MR) is 81.5 cm³/mol. The summed E-state index contributed by atoms with van der Waals surface area (Å²) in [5.74, 6) is 0.946. The Morgan fingerprint density at radius 2 is 2.00 bits per heavy atom. The van der Waals surface area contributed by atoms with Gasteiger partial charge in [-0.3, -0.25) is 0 Å². The zero-order chi connectivity index (χ0) is 13.6. The van der Waals surface area contributed by atoms with Crippen molar-refractivity contribution in [2.75, 3.05) is 11.9 Å². The van der Waals surface area contributed by atoms with Crippen LogP contribution in [0.1, 0.15) is 16.7 Å². The molecular formula is C14H16N4S. The first kappa shape index (κ1) is 12.2. The number of hydrogen-bond acceptors (Lipinski definition) is 3. The largest absolute Gasteiger partial charge is 0.374 e. The molecule has 0 atom stereocenters. The second kappa shape index (κ2) is 4.35. The fourth-order valence-corrected chi connectivity index (χ4v) is 2.81. The second-order valence-electron chi connectivity index (χ2n) is 4.98. The molecule has 0 saturated carbocycles. The van der Waals surface area contributed by atoms with Crippen LogP contribution in [-0.2, 0) is 6.42 Å². The topological polar surface area (TPSA) is 55.9 Å². The third-order valence-electron chi connectivity index (χ3n) is 3.35. The van der Waals surface area contributed by atoms with Gasteiger partial charge in [-0.25, -0.2) is 0 Å². The van der Waals surface area contributed by atoms with Gasteiger partial charge in [-0.2, -0.15) is 9.78 Å². The smallest absolute Gasteiger partial charge is 0.193 e. The van der Waals surface area contributed by atoms with Crippen LogP contribution in [0, 0.1) is 13.8 Å². The lowest BCUT2D eigenvalue weighted by Gasteiger charge is -2.04. The van der Waals surface area contributed by atoms with Gasteiger partial charge in [0.25, 0.3) is 0 Å². The van der Waals surface area contributed by atoms with E-state index < -0.39 is 0 Å². The molecule has 0 spiro atoms. The molecule has 0 radical (unpaired) electrons. The third kappa shape index (κ3) is 2.00. The molecule has 4 nitrogen and oxygen atoms in total. The minimum atomic E-state index is 0.279. The van der Waals surface area contributed by atoms with Gasteiger partial charge < -0.3 is 11.1 Å². The van der Waals surface area contributed by atoms with Crippen molar-refractivity contribution in [1.29, 1.82) is 0 Å². The molecule has 0 amide bonds. The Morgan fingerprint density at radius 3 is 2.63 bits per heavy atom. The summed E-state index contributed by atoms with van der Waals surface area (Å²) in [7, 11) is 0. The van der Waals surface area contributed by atoms with Crippen LogP contribution in [-0.4, -0.2) is 21.4 Å². The predicted octanol–water partition coefficient (Wildman–Crippen LogP) is 2.23. The average Bonchev–Trinajstić information content (AvgIpc) is 2.86. The fourth-order valence-electron chi connectivity index (χ4n) is 2.68. The van der Waals surface area contributed by atoms with Gasteiger partial charge in [0.15, 0.2) is 5.11 Å². The summed E-state index contributed by atoms with van der Waals surface area (Å²) < 4.78 is 1.63. The van der Waals surface area contributed by atoms with Crippen LogP contribution in [0.4, 0.5) is 5.82 Å². The van der Waals surface area contributed by atoms with Crippen LogP contribution < -0.4 is 11.1 Å². The lowest BCUT2D eigenvalue weighted by molar-refractivity contribution is 0.935. The summed E-state index contributed by atoms with van der Waals surface area (Å²) in [4.78, 5) is 0. The van der Waals surface area contributed by atoms with Gasteiger partial charge in [0.1, 0.15) is 5.82 Å². The van der Waals surface area contributed by atoms with Gasteiger partial charge in [0.05, 0.1) is 5.69 Å². The van der Waals surface area contributed by atoms with Gasteiger partial charge in [-0.05, 0) is 44.6 Å². The van der Waals surface area contributed by atoms with Gasteiger partial charge in [-0.1, -0.05) is 17.2 Å². The standard InChI is InChI=1S/C14H16N4S/c1-8-5-9(2)7-10(6-8)12-11-3-4-16-13(11)18(17-12)14(15)19/h5-7,16H,3-4H2,1-2H3,(H2,15,19). The van der Waals surface area contributed by atoms with Crippen LogP contribution in [0.25, 0.3) is 11.3 Å². The summed E-state index contributed by atoms with van der Waals surface area (Å²) in [6, 6.07) is 6.46. The fraction of sp³-hybridized carbons (Fsp3) is 0.286. The highest BCUT2D eigenvalue weighted by atomic mass is 32.1. The van der Waals surface area contributed by atoms with E-state index in [1.165, 1.54) is 16.7 Å². The summed E-state index contributed by atoms with van der Waals surface area (Å²) in [5, 5.41) is 8.15. The van der Waals surface area contributed by atoms with Crippen molar-refractivity contribution in [3.05, 3.63) is 34.9 Å². The molecule has 0 fully saturated rings. The molecule has 0 unspecified atom stereocenters. The highest BCUT2D eigenvalue weighted by Gasteiger charge is 2.24. The van der Waals surface area contributed by atoms with E-state index >= 15 is 0 Å². The Balaban J connectivity index is 2.20. The average molecular weight is 272 g/mol. The summed E-state index contributed by atoms with van der Waals surface area (Å²) in [6.07, 6.45) is 0.959. The maximum atomic E-state index is 5.73. The summed E-state index contributed by atoms with van der Waals surface area (Å²) in [6.45, 7) is 5.10. The van der Waals surface area contributed by atoms with E-state index in [9.17, 15) is 0 Å². The SMILES string of the molecule is Cc1cc(C)cc(-c2nn(C(N)=S)c3c2CCN3)c1. The normalized spacial score (nSPS) is 13.2. The maximum absolute atomic E-state index is 5.73. The lowest BCUT2D eigenvalue weighted by Crippen LogP contribution is -2.22. The minimum Gasteiger partial charge on any atom is -0.374 e. The number of nitrogens with one attached hydrogen (secondary N) is 1. The Labute approximate surface area is 117 Å². The number of benzene rings is 1. The molecule has 2 aromatic rings. The number of nitrogens with two attached hydrogens (primary N) is 1. The monoisotopic (exact) mass is 272 g/mol. The van der Waals surface area contributed by atoms with Crippen molar-refractivity contribution in [2.45, 2.75) is 20.3 Å². The number of nitrogens with zero attached hydrogens (tertiary/aromatic N) is 2. The molecule has 19 heavy (non-hydrogen) atoms. The minimum absolute atomic E-state index is 0.279. The number of anilines is 1. The molecule has 0 aliphatic carbocycles. The van der Waals surface area contributed by atoms with E-state index in [2.05, 4.69) is 42.5 Å². The molecular weight excluding hydrogens is 256 g/mol. The van der Waals surface area contributed by atoms with E-state index in [-0.39, 0.29) is 5.11 Å². The van der Waals surface area contributed by atoms with Crippen molar-refractivity contribution in [2.24, 2.45) is 5.73 Å². The highest BCUT2D eigenvalue weighted by molar-refractivity contribution is 7.80. The molecule has 1 aliphatic rings. The van der Waals surface area contributed by atoms with E-state index in [0.717, 1.165) is 30.0 Å². The molecule has 1 aromatic heterocycles. The first-order valence-electron chi connectivity index (χ1n) is 6.30. The zero-order valence-electron chi connectivity index (χ0n) is 11.0. The number of aromatic nitrogens is 2. The van der Waals surface area contributed by atoms with Crippen LogP contribution in [0.2, 0.25) is 0 Å². The maximum Gasteiger partial charge on any atom is 0.193 e. The second-order valence-corrected chi connectivity index (χ2v) is 5.40. The molecule has 0 saturated heterocycles. The van der Waals surface area contributed by atoms with Crippen molar-refractivity contribution < 1.29 is 0 Å². The lowest BCUT2D eigenvalue weighted by atomic mass is 10.0. The van der Waals surface area contributed by atoms with Crippen molar-refractivity contribution in [3.63, 3.8) is 0 Å². The zero-order valence-corrected chi connectivity index (χ0v) is 11.8. The van der Waals surface area contributed by atoms with Crippen LogP contribution >= 0.6 is 12.2 Å². The van der Waals surface area contributed by atoms with E-state index in [4.69, 9.17) is 18.0 Å². The Hall–Kier alpha value is -1.88. The van der Waals surface area contributed by atoms with Crippen molar-refractivity contribution in [3.8, 4) is 11.3 Å². The number of aryl methyl sites for hydroxylation is 2. The van der Waals surface area contributed by atoms with Gasteiger partial charge in [-0.15, -0.1) is 0 Å². The molecule has 3 N–H and O–H groups in total. The summed E-state index contributed by atoms with van der Waals surface area (Å²) in [5.41, 5.74) is 11.5. The third-order valence-corrected chi connectivity index (χ3v) is 3.53. The summed E-state index contributed by atoms with van der Waals surface area (Å²) >= 11 is 5.06. The molecule has 0 bridgehead atoms. The molecule has 1 aliphatic heterocycles. The van der Waals surface area contributed by atoms with E-state index in [0.29, 0.717) is 0 Å². The van der Waals surface area contributed by atoms with E-state index in [1.807, 2.05) is 0 Å². The van der Waals surface area contributed by atoms with Gasteiger partial charge >= 0.3 is 0 Å². The van der Waals surface area contributed by atoms with Crippen LogP contribution in [0.3, 0.4) is 0 Å². The van der Waals surface area contributed by atoms with E-state index in [1.54, 1.807) is 4.68 Å². The highest BCUT2D eigenvalue weighted by Crippen LogP contribution is 2.33.